The molecule has 3 amide bonds. The average Bonchev–Trinajstić information content (AvgIpc) is 2.14. The molecule has 15 heavy (non-hydrogen) atoms. The summed E-state index contributed by atoms with van der Waals surface area (Å²) in [6, 6.07) is -0.806. The van der Waals surface area contributed by atoms with Crippen LogP contribution in [0.5, 0.6) is 0 Å². The minimum absolute atomic E-state index is 0.0689. The van der Waals surface area contributed by atoms with Gasteiger partial charge in [0.1, 0.15) is 0 Å². The Morgan fingerprint density at radius 2 is 1.93 bits per heavy atom. The van der Waals surface area contributed by atoms with Crippen LogP contribution in [0, 0.1) is 0 Å². The van der Waals surface area contributed by atoms with Gasteiger partial charge in [-0.25, -0.2) is 4.79 Å². The molecule has 0 bridgehead atoms. The fourth-order valence-electron chi connectivity index (χ4n) is 1.72. The first-order valence-electron chi connectivity index (χ1n) is 5.27. The molecular weight excluding hydrogens is 194 g/mol. The molecule has 0 aliphatic heterocycles. The highest BCUT2D eigenvalue weighted by Gasteiger charge is 2.34. The summed E-state index contributed by atoms with van der Waals surface area (Å²) >= 11 is 0. The van der Waals surface area contributed by atoms with Crippen molar-refractivity contribution in [1.82, 2.24) is 16.0 Å². The lowest BCUT2D eigenvalue weighted by Crippen LogP contribution is -2.57. The molecule has 0 aromatic heterocycles. The average molecular weight is 213 g/mol. The molecule has 5 nitrogen and oxygen atoms in total. The zero-order chi connectivity index (χ0) is 11.5. The minimum atomic E-state index is -0.465. The molecule has 0 aromatic rings. The molecule has 5 heteroatoms. The number of hydrogen-bond acceptors (Lipinski definition) is 3. The van der Waals surface area contributed by atoms with E-state index in [1.807, 2.05) is 0 Å². The Bertz CT molecular complexity index is 261. The zero-order valence-corrected chi connectivity index (χ0v) is 9.52. The van der Waals surface area contributed by atoms with E-state index in [9.17, 15) is 9.59 Å². The lowest BCUT2D eigenvalue weighted by Gasteiger charge is -2.41. The second-order valence-electron chi connectivity index (χ2n) is 4.35. The van der Waals surface area contributed by atoms with Crippen molar-refractivity contribution in [3.8, 4) is 0 Å². The van der Waals surface area contributed by atoms with Gasteiger partial charge < -0.3 is 10.6 Å². The number of hydrogen-bond donors (Lipinski definition) is 3. The molecule has 1 saturated carbocycles. The number of carbonyl (C=O) groups excluding carboxylic acids is 2. The first-order chi connectivity index (χ1) is 6.97. The highest BCUT2D eigenvalue weighted by Crippen LogP contribution is 2.31. The van der Waals surface area contributed by atoms with E-state index in [4.69, 9.17) is 0 Å². The smallest absolute Gasteiger partial charge is 0.321 e. The molecule has 1 aliphatic carbocycles. The Morgan fingerprint density at radius 3 is 2.33 bits per heavy atom. The van der Waals surface area contributed by atoms with Gasteiger partial charge in [0, 0.05) is 12.6 Å². The fourth-order valence-corrected chi connectivity index (χ4v) is 1.72. The maximum atomic E-state index is 11.5. The van der Waals surface area contributed by atoms with Gasteiger partial charge in [0.25, 0.3) is 0 Å². The molecule has 86 valence electrons. The van der Waals surface area contributed by atoms with Crippen molar-refractivity contribution in [2.24, 2.45) is 0 Å². The predicted octanol–water partition coefficient (Wildman–Crippen LogP) is 0.363. The van der Waals surface area contributed by atoms with Gasteiger partial charge in [0.05, 0.1) is 6.04 Å². The molecule has 1 atom stereocenters. The second-order valence-corrected chi connectivity index (χ2v) is 4.35. The van der Waals surface area contributed by atoms with Gasteiger partial charge in [-0.05, 0) is 33.1 Å². The van der Waals surface area contributed by atoms with Gasteiger partial charge in [0.15, 0.2) is 0 Å². The predicted molar refractivity (Wildman–Crippen MR) is 57.5 cm³/mol. The Labute approximate surface area is 90.0 Å². The van der Waals surface area contributed by atoms with Gasteiger partial charge in [-0.15, -0.1) is 0 Å². The van der Waals surface area contributed by atoms with E-state index in [-0.39, 0.29) is 17.5 Å². The molecule has 0 aromatic carbocycles. The Kier molecular flexibility index (Phi) is 3.68. The third-order valence-corrected chi connectivity index (χ3v) is 2.88. The van der Waals surface area contributed by atoms with E-state index in [1.54, 1.807) is 6.92 Å². The molecule has 3 N–H and O–H groups in total. The quantitative estimate of drug-likeness (QED) is 0.634. The number of carbonyl (C=O) groups is 2. The van der Waals surface area contributed by atoms with Crippen LogP contribution in [-0.2, 0) is 4.79 Å². The molecule has 0 radical (unpaired) electrons. The van der Waals surface area contributed by atoms with Gasteiger partial charge in [-0.2, -0.15) is 0 Å². The molecule has 0 saturated heterocycles. The normalized spacial score (nSPS) is 19.9. The van der Waals surface area contributed by atoms with E-state index in [1.165, 1.54) is 13.5 Å². The fraction of sp³-hybridized carbons (Fsp3) is 0.800. The van der Waals surface area contributed by atoms with Gasteiger partial charge in [0.2, 0.25) is 5.91 Å². The van der Waals surface area contributed by atoms with Crippen molar-refractivity contribution in [3.05, 3.63) is 0 Å². The van der Waals surface area contributed by atoms with Crippen molar-refractivity contribution in [2.45, 2.75) is 44.7 Å². The third kappa shape index (κ3) is 3.20. The highest BCUT2D eigenvalue weighted by molar-refractivity contribution is 5.96. The number of urea groups is 1. The van der Waals surface area contributed by atoms with Crippen LogP contribution in [-0.4, -0.2) is 30.6 Å². The van der Waals surface area contributed by atoms with Crippen LogP contribution >= 0.6 is 0 Å². The Morgan fingerprint density at radius 1 is 1.33 bits per heavy atom. The molecule has 1 rings (SSSR count). The monoisotopic (exact) mass is 213 g/mol. The van der Waals surface area contributed by atoms with E-state index in [0.29, 0.717) is 0 Å². The molecule has 0 heterocycles. The third-order valence-electron chi connectivity index (χ3n) is 2.88. The van der Waals surface area contributed by atoms with Gasteiger partial charge in [-0.1, -0.05) is 0 Å². The van der Waals surface area contributed by atoms with E-state index >= 15 is 0 Å². The van der Waals surface area contributed by atoms with Crippen molar-refractivity contribution in [2.75, 3.05) is 7.05 Å². The van der Waals surface area contributed by atoms with Gasteiger partial charge >= 0.3 is 6.03 Å². The summed E-state index contributed by atoms with van der Waals surface area (Å²) in [6.07, 6.45) is 3.38. The SMILES string of the molecule is CNC(=O)NC(=O)C(C)NC1(C)CCC1. The van der Waals surface area contributed by atoms with Crippen molar-refractivity contribution in [1.29, 1.82) is 0 Å². The van der Waals surface area contributed by atoms with Crippen molar-refractivity contribution in [3.63, 3.8) is 0 Å². The standard InChI is InChI=1S/C10H19N3O2/c1-7(8(14)12-9(15)11-3)13-10(2)5-4-6-10/h7,13H,4-6H2,1-3H3,(H2,11,12,14,15). The summed E-state index contributed by atoms with van der Waals surface area (Å²) in [4.78, 5) is 22.4. The van der Waals surface area contributed by atoms with Crippen LogP contribution in [0.3, 0.4) is 0 Å². The second kappa shape index (κ2) is 4.61. The zero-order valence-electron chi connectivity index (χ0n) is 9.52. The first kappa shape index (κ1) is 12.0. The minimum Gasteiger partial charge on any atom is -0.341 e. The van der Waals surface area contributed by atoms with E-state index in [2.05, 4.69) is 22.9 Å². The summed E-state index contributed by atoms with van der Waals surface area (Å²) in [5.74, 6) is -0.289. The lowest BCUT2D eigenvalue weighted by molar-refractivity contribution is -0.122. The number of rotatable bonds is 3. The van der Waals surface area contributed by atoms with E-state index in [0.717, 1.165) is 12.8 Å². The van der Waals surface area contributed by atoms with Crippen molar-refractivity contribution < 1.29 is 9.59 Å². The summed E-state index contributed by atoms with van der Waals surface area (Å²) in [7, 11) is 1.48. The van der Waals surface area contributed by atoms with Crippen LogP contribution in [0.1, 0.15) is 33.1 Å². The Hall–Kier alpha value is -1.10. The Balaban J connectivity index is 2.35. The van der Waals surface area contributed by atoms with E-state index < -0.39 is 6.03 Å². The molecule has 0 spiro atoms. The molecular formula is C10H19N3O2. The molecule has 1 fully saturated rings. The van der Waals surface area contributed by atoms with Crippen LogP contribution in [0.15, 0.2) is 0 Å². The highest BCUT2D eigenvalue weighted by atomic mass is 16.2. The summed E-state index contributed by atoms with van der Waals surface area (Å²) in [6.45, 7) is 3.86. The van der Waals surface area contributed by atoms with Crippen LogP contribution in [0.4, 0.5) is 4.79 Å². The van der Waals surface area contributed by atoms with Crippen molar-refractivity contribution >= 4 is 11.9 Å². The molecule has 1 unspecified atom stereocenters. The van der Waals surface area contributed by atoms with Crippen LogP contribution < -0.4 is 16.0 Å². The number of imide groups is 1. The van der Waals surface area contributed by atoms with Crippen LogP contribution in [0.2, 0.25) is 0 Å². The summed E-state index contributed by atoms with van der Waals surface area (Å²) in [5.41, 5.74) is 0.0689. The number of nitrogens with one attached hydrogen (secondary N) is 3. The topological polar surface area (TPSA) is 70.2 Å². The largest absolute Gasteiger partial charge is 0.341 e. The maximum absolute atomic E-state index is 11.5. The van der Waals surface area contributed by atoms with Crippen LogP contribution in [0.25, 0.3) is 0 Å². The number of amides is 3. The maximum Gasteiger partial charge on any atom is 0.321 e. The first-order valence-corrected chi connectivity index (χ1v) is 5.27. The lowest BCUT2D eigenvalue weighted by atomic mass is 9.78. The van der Waals surface area contributed by atoms with Gasteiger partial charge in [-0.3, -0.25) is 10.1 Å². The summed E-state index contributed by atoms with van der Waals surface area (Å²) in [5, 5.41) is 7.82. The summed E-state index contributed by atoms with van der Waals surface area (Å²) < 4.78 is 0. The molecule has 1 aliphatic rings.